The standard InChI is InChI=1S/C14H13N3O/c15-12-6-2-1-5-10(12)11-8-9-4-3-7-16-13(9)17-14(11)18/h1-7,11H,8,15H2,(H,16,17,18). The van der Waals surface area contributed by atoms with E-state index in [-0.39, 0.29) is 11.8 Å². The Balaban J connectivity index is 2.01. The molecular weight excluding hydrogens is 226 g/mol. The van der Waals surface area contributed by atoms with Crippen LogP contribution in [0.3, 0.4) is 0 Å². The Kier molecular flexibility index (Phi) is 2.48. The number of nitrogens with two attached hydrogens (primary N) is 1. The fraction of sp³-hybridized carbons (Fsp3) is 0.143. The Morgan fingerprint density at radius 3 is 2.89 bits per heavy atom. The molecule has 1 aliphatic heterocycles. The number of nitrogen functional groups attached to an aromatic ring is 1. The Morgan fingerprint density at radius 2 is 2.06 bits per heavy atom. The van der Waals surface area contributed by atoms with Crippen LogP contribution in [0.15, 0.2) is 42.6 Å². The van der Waals surface area contributed by atoms with Gasteiger partial charge in [0.25, 0.3) is 0 Å². The maximum absolute atomic E-state index is 12.1. The van der Waals surface area contributed by atoms with Crippen LogP contribution < -0.4 is 11.1 Å². The van der Waals surface area contributed by atoms with Crippen molar-refractivity contribution in [2.45, 2.75) is 12.3 Å². The van der Waals surface area contributed by atoms with Crippen LogP contribution in [-0.4, -0.2) is 10.9 Å². The summed E-state index contributed by atoms with van der Waals surface area (Å²) in [4.78, 5) is 16.3. The van der Waals surface area contributed by atoms with Crippen molar-refractivity contribution in [3.05, 3.63) is 53.7 Å². The van der Waals surface area contributed by atoms with Gasteiger partial charge in [-0.15, -0.1) is 0 Å². The van der Waals surface area contributed by atoms with Gasteiger partial charge >= 0.3 is 0 Å². The van der Waals surface area contributed by atoms with Gasteiger partial charge in [0.1, 0.15) is 5.82 Å². The highest BCUT2D eigenvalue weighted by Gasteiger charge is 2.29. The average molecular weight is 239 g/mol. The summed E-state index contributed by atoms with van der Waals surface area (Å²) < 4.78 is 0. The second-order valence-corrected chi connectivity index (χ2v) is 4.39. The number of nitrogens with one attached hydrogen (secondary N) is 1. The van der Waals surface area contributed by atoms with Gasteiger partial charge in [-0.05, 0) is 29.7 Å². The van der Waals surface area contributed by atoms with Gasteiger partial charge in [0.15, 0.2) is 0 Å². The molecule has 0 radical (unpaired) electrons. The summed E-state index contributed by atoms with van der Waals surface area (Å²) in [6.07, 6.45) is 2.32. The van der Waals surface area contributed by atoms with Crippen LogP contribution in [0.1, 0.15) is 17.0 Å². The summed E-state index contributed by atoms with van der Waals surface area (Å²) in [5.74, 6) is 0.384. The monoisotopic (exact) mass is 239 g/mol. The third-order valence-electron chi connectivity index (χ3n) is 3.24. The normalized spacial score (nSPS) is 18.0. The topological polar surface area (TPSA) is 68.0 Å². The Morgan fingerprint density at radius 1 is 1.22 bits per heavy atom. The lowest BCUT2D eigenvalue weighted by molar-refractivity contribution is -0.117. The maximum Gasteiger partial charge on any atom is 0.233 e. The summed E-state index contributed by atoms with van der Waals surface area (Å²) in [7, 11) is 0. The molecule has 1 amide bonds. The van der Waals surface area contributed by atoms with E-state index in [1.54, 1.807) is 6.20 Å². The van der Waals surface area contributed by atoms with Crippen LogP contribution in [0, 0.1) is 0 Å². The molecule has 0 spiro atoms. The van der Waals surface area contributed by atoms with Crippen molar-refractivity contribution in [1.29, 1.82) is 0 Å². The molecule has 2 aromatic rings. The van der Waals surface area contributed by atoms with E-state index in [4.69, 9.17) is 5.73 Å². The fourth-order valence-electron chi connectivity index (χ4n) is 2.31. The molecule has 1 aliphatic rings. The number of fused-ring (bicyclic) bond motifs is 1. The zero-order valence-corrected chi connectivity index (χ0v) is 9.76. The number of rotatable bonds is 1. The zero-order chi connectivity index (χ0) is 12.5. The van der Waals surface area contributed by atoms with Crippen molar-refractivity contribution < 1.29 is 4.79 Å². The van der Waals surface area contributed by atoms with Gasteiger partial charge in [-0.2, -0.15) is 0 Å². The molecule has 0 saturated heterocycles. The molecule has 4 heteroatoms. The third-order valence-corrected chi connectivity index (χ3v) is 3.24. The van der Waals surface area contributed by atoms with Crippen LogP contribution in [0.4, 0.5) is 11.5 Å². The number of hydrogen-bond acceptors (Lipinski definition) is 3. The lowest BCUT2D eigenvalue weighted by atomic mass is 9.88. The third kappa shape index (κ3) is 1.72. The van der Waals surface area contributed by atoms with Crippen molar-refractivity contribution in [3.8, 4) is 0 Å². The molecule has 1 aromatic carbocycles. The lowest BCUT2D eigenvalue weighted by Gasteiger charge is -2.24. The summed E-state index contributed by atoms with van der Waals surface area (Å²) in [5.41, 5.74) is 8.52. The smallest absolute Gasteiger partial charge is 0.233 e. The number of para-hydroxylation sites is 1. The van der Waals surface area contributed by atoms with Crippen LogP contribution in [0.5, 0.6) is 0 Å². The summed E-state index contributed by atoms with van der Waals surface area (Å²) in [6, 6.07) is 11.4. The molecular formula is C14H13N3O. The molecule has 4 nitrogen and oxygen atoms in total. The highest BCUT2D eigenvalue weighted by Crippen LogP contribution is 2.32. The Hall–Kier alpha value is -2.36. The number of benzene rings is 1. The number of anilines is 2. The van der Waals surface area contributed by atoms with Gasteiger partial charge in [-0.25, -0.2) is 4.98 Å². The lowest BCUT2D eigenvalue weighted by Crippen LogP contribution is -2.29. The van der Waals surface area contributed by atoms with Gasteiger partial charge in [-0.1, -0.05) is 24.3 Å². The van der Waals surface area contributed by atoms with Crippen molar-refractivity contribution in [3.63, 3.8) is 0 Å². The molecule has 0 bridgehead atoms. The number of hydrogen-bond donors (Lipinski definition) is 2. The van der Waals surface area contributed by atoms with Crippen LogP contribution in [0.2, 0.25) is 0 Å². The average Bonchev–Trinajstić information content (AvgIpc) is 2.39. The second-order valence-electron chi connectivity index (χ2n) is 4.39. The predicted octanol–water partition coefficient (Wildman–Crippen LogP) is 1.94. The first-order valence-electron chi connectivity index (χ1n) is 5.85. The number of aromatic nitrogens is 1. The van der Waals surface area contributed by atoms with E-state index in [0.717, 1.165) is 11.1 Å². The summed E-state index contributed by atoms with van der Waals surface area (Å²) in [5, 5.41) is 2.83. The number of nitrogens with zero attached hydrogens (tertiary/aromatic N) is 1. The molecule has 0 fully saturated rings. The van der Waals surface area contributed by atoms with Gasteiger partial charge in [0.05, 0.1) is 5.92 Å². The number of carbonyl (C=O) groups excluding carboxylic acids is 1. The molecule has 0 aliphatic carbocycles. The predicted molar refractivity (Wildman–Crippen MR) is 70.2 cm³/mol. The first kappa shape index (κ1) is 10.8. The van der Waals surface area contributed by atoms with Crippen LogP contribution in [0.25, 0.3) is 0 Å². The first-order valence-corrected chi connectivity index (χ1v) is 5.85. The van der Waals surface area contributed by atoms with Crippen LogP contribution in [-0.2, 0) is 11.2 Å². The van der Waals surface area contributed by atoms with Crippen molar-refractivity contribution in [1.82, 2.24) is 4.98 Å². The molecule has 3 rings (SSSR count). The van der Waals surface area contributed by atoms with E-state index in [9.17, 15) is 4.79 Å². The minimum Gasteiger partial charge on any atom is -0.398 e. The quantitative estimate of drug-likeness (QED) is 0.747. The maximum atomic E-state index is 12.1. The van der Waals surface area contributed by atoms with Gasteiger partial charge in [0, 0.05) is 11.9 Å². The van der Waals surface area contributed by atoms with Gasteiger partial charge in [0.2, 0.25) is 5.91 Å². The summed E-state index contributed by atoms with van der Waals surface area (Å²) >= 11 is 0. The zero-order valence-electron chi connectivity index (χ0n) is 9.76. The van der Waals surface area contributed by atoms with Crippen molar-refractivity contribution in [2.75, 3.05) is 11.1 Å². The molecule has 18 heavy (non-hydrogen) atoms. The van der Waals surface area contributed by atoms with Crippen molar-refractivity contribution >= 4 is 17.4 Å². The molecule has 3 N–H and O–H groups in total. The first-order chi connectivity index (χ1) is 8.75. The van der Waals surface area contributed by atoms with E-state index in [1.807, 2.05) is 36.4 Å². The SMILES string of the molecule is Nc1ccccc1C1Cc2cccnc2NC1=O. The number of amides is 1. The molecule has 0 saturated carbocycles. The number of pyridine rings is 1. The number of carbonyl (C=O) groups is 1. The fourth-order valence-corrected chi connectivity index (χ4v) is 2.31. The second kappa shape index (κ2) is 4.14. The van der Waals surface area contributed by atoms with E-state index >= 15 is 0 Å². The Bertz CT molecular complexity index is 609. The van der Waals surface area contributed by atoms with E-state index in [1.165, 1.54) is 0 Å². The largest absolute Gasteiger partial charge is 0.398 e. The molecule has 90 valence electrons. The minimum atomic E-state index is -0.233. The van der Waals surface area contributed by atoms with E-state index in [0.29, 0.717) is 17.9 Å². The van der Waals surface area contributed by atoms with E-state index < -0.39 is 0 Å². The van der Waals surface area contributed by atoms with Gasteiger partial charge < -0.3 is 11.1 Å². The van der Waals surface area contributed by atoms with Crippen LogP contribution >= 0.6 is 0 Å². The highest BCUT2D eigenvalue weighted by molar-refractivity contribution is 5.98. The molecule has 1 atom stereocenters. The van der Waals surface area contributed by atoms with Gasteiger partial charge in [-0.3, -0.25) is 4.79 Å². The molecule has 1 unspecified atom stereocenters. The minimum absolute atomic E-state index is 0.0425. The Labute approximate surface area is 105 Å². The summed E-state index contributed by atoms with van der Waals surface area (Å²) in [6.45, 7) is 0. The molecule has 1 aromatic heterocycles. The highest BCUT2D eigenvalue weighted by atomic mass is 16.2. The van der Waals surface area contributed by atoms with E-state index in [2.05, 4.69) is 10.3 Å². The van der Waals surface area contributed by atoms with Crippen molar-refractivity contribution in [2.24, 2.45) is 0 Å². The molecule has 2 heterocycles.